The van der Waals surface area contributed by atoms with E-state index in [0.29, 0.717) is 5.02 Å². The molecule has 0 unspecified atom stereocenters. The van der Waals surface area contributed by atoms with Gasteiger partial charge in [-0.05, 0) is 49.2 Å². The second-order valence-corrected chi connectivity index (χ2v) is 6.02. The van der Waals surface area contributed by atoms with Gasteiger partial charge in [0.2, 0.25) is 5.91 Å². The van der Waals surface area contributed by atoms with Crippen molar-refractivity contribution in [3.63, 3.8) is 0 Å². The van der Waals surface area contributed by atoms with Crippen LogP contribution in [-0.2, 0) is 4.79 Å². The summed E-state index contributed by atoms with van der Waals surface area (Å²) in [5.74, 6) is -0.736. The zero-order valence-electron chi connectivity index (χ0n) is 12.7. The third kappa shape index (κ3) is 4.71. The number of anilines is 1. The Morgan fingerprint density at radius 3 is 2.48 bits per heavy atom. The zero-order chi connectivity index (χ0) is 17.0. The predicted molar refractivity (Wildman–Crippen MR) is 93.3 cm³/mol. The molecule has 2 amide bonds. The molecular weight excluding hydrogens is 335 g/mol. The lowest BCUT2D eigenvalue weighted by molar-refractivity contribution is -0.115. The van der Waals surface area contributed by atoms with E-state index in [1.165, 1.54) is 12.1 Å². The molecule has 0 aliphatic heterocycles. The highest BCUT2D eigenvalue weighted by molar-refractivity contribution is 6.36. The fourth-order valence-corrected chi connectivity index (χ4v) is 2.49. The molecule has 120 valence electrons. The third-order valence-corrected chi connectivity index (χ3v) is 3.80. The number of halogens is 2. The number of aryl methyl sites for hydroxylation is 2. The van der Waals surface area contributed by atoms with Gasteiger partial charge in [-0.25, -0.2) is 0 Å². The fraction of sp³-hybridized carbons (Fsp3) is 0.176. The van der Waals surface area contributed by atoms with E-state index in [-0.39, 0.29) is 23.0 Å². The molecule has 0 saturated heterocycles. The van der Waals surface area contributed by atoms with E-state index >= 15 is 0 Å². The van der Waals surface area contributed by atoms with Gasteiger partial charge in [0.05, 0.1) is 17.1 Å². The average Bonchev–Trinajstić information content (AvgIpc) is 2.48. The molecule has 23 heavy (non-hydrogen) atoms. The number of rotatable bonds is 4. The molecule has 6 heteroatoms. The van der Waals surface area contributed by atoms with Crippen LogP contribution in [0.5, 0.6) is 0 Å². The Bertz CT molecular complexity index is 760. The van der Waals surface area contributed by atoms with Crippen LogP contribution >= 0.6 is 23.2 Å². The monoisotopic (exact) mass is 350 g/mol. The molecule has 2 aromatic rings. The first-order valence-electron chi connectivity index (χ1n) is 6.97. The average molecular weight is 351 g/mol. The standard InChI is InChI=1S/C17H16Cl2N2O2/c1-10-3-4-11(2)15(7-10)21-16(22)9-20-17(23)13-6-5-12(18)8-14(13)19/h3-8H,9H2,1-2H3,(H,20,23)(H,21,22). The van der Waals surface area contributed by atoms with Crippen molar-refractivity contribution in [1.29, 1.82) is 0 Å². The summed E-state index contributed by atoms with van der Waals surface area (Å²) in [5.41, 5.74) is 3.00. The normalized spacial score (nSPS) is 10.3. The maximum Gasteiger partial charge on any atom is 0.253 e. The van der Waals surface area contributed by atoms with Gasteiger partial charge in [-0.15, -0.1) is 0 Å². The van der Waals surface area contributed by atoms with Crippen molar-refractivity contribution < 1.29 is 9.59 Å². The Morgan fingerprint density at radius 2 is 1.78 bits per heavy atom. The minimum Gasteiger partial charge on any atom is -0.343 e. The Labute approximate surface area is 144 Å². The number of carbonyl (C=O) groups is 2. The highest BCUT2D eigenvalue weighted by atomic mass is 35.5. The van der Waals surface area contributed by atoms with Crippen molar-refractivity contribution >= 4 is 40.7 Å². The predicted octanol–water partition coefficient (Wildman–Crippen LogP) is 3.98. The van der Waals surface area contributed by atoms with Gasteiger partial charge in [-0.1, -0.05) is 35.3 Å². The molecule has 2 aromatic carbocycles. The van der Waals surface area contributed by atoms with Gasteiger partial charge in [0, 0.05) is 10.7 Å². The van der Waals surface area contributed by atoms with Crippen LogP contribution in [0.3, 0.4) is 0 Å². The van der Waals surface area contributed by atoms with Gasteiger partial charge in [0.15, 0.2) is 0 Å². The second-order valence-electron chi connectivity index (χ2n) is 5.17. The van der Waals surface area contributed by atoms with Crippen LogP contribution in [0.4, 0.5) is 5.69 Å². The largest absolute Gasteiger partial charge is 0.343 e. The van der Waals surface area contributed by atoms with Crippen molar-refractivity contribution in [3.8, 4) is 0 Å². The van der Waals surface area contributed by atoms with E-state index in [9.17, 15) is 9.59 Å². The van der Waals surface area contributed by atoms with Crippen LogP contribution < -0.4 is 10.6 Å². The molecule has 4 nitrogen and oxygen atoms in total. The topological polar surface area (TPSA) is 58.2 Å². The molecule has 0 heterocycles. The summed E-state index contributed by atoms with van der Waals surface area (Å²) >= 11 is 11.7. The first-order valence-corrected chi connectivity index (χ1v) is 7.73. The molecule has 0 aliphatic rings. The minimum absolute atomic E-state index is 0.148. The first-order chi connectivity index (χ1) is 10.9. The molecule has 2 rings (SSSR count). The van der Waals surface area contributed by atoms with E-state index < -0.39 is 5.91 Å². The van der Waals surface area contributed by atoms with Crippen LogP contribution in [0.25, 0.3) is 0 Å². The van der Waals surface area contributed by atoms with Crippen molar-refractivity contribution in [2.24, 2.45) is 0 Å². The van der Waals surface area contributed by atoms with Crippen LogP contribution in [0.2, 0.25) is 10.0 Å². The maximum atomic E-state index is 12.0. The molecule has 0 saturated carbocycles. The lowest BCUT2D eigenvalue weighted by atomic mass is 10.1. The summed E-state index contributed by atoms with van der Waals surface area (Å²) in [6.45, 7) is 3.70. The Hall–Kier alpha value is -2.04. The number of benzene rings is 2. The highest BCUT2D eigenvalue weighted by Crippen LogP contribution is 2.20. The third-order valence-electron chi connectivity index (χ3n) is 3.25. The number of amides is 2. The van der Waals surface area contributed by atoms with Crippen molar-refractivity contribution in [3.05, 3.63) is 63.1 Å². The first kappa shape index (κ1) is 17.3. The number of nitrogens with one attached hydrogen (secondary N) is 2. The zero-order valence-corrected chi connectivity index (χ0v) is 14.3. The molecule has 0 aromatic heterocycles. The number of carbonyl (C=O) groups excluding carboxylic acids is 2. The quantitative estimate of drug-likeness (QED) is 0.875. The summed E-state index contributed by atoms with van der Waals surface area (Å²) in [6.07, 6.45) is 0. The molecular formula is C17H16Cl2N2O2. The van der Waals surface area contributed by atoms with Gasteiger partial charge >= 0.3 is 0 Å². The van der Waals surface area contributed by atoms with Crippen molar-refractivity contribution in [1.82, 2.24) is 5.32 Å². The summed E-state index contributed by atoms with van der Waals surface area (Å²) in [5, 5.41) is 5.99. The summed E-state index contributed by atoms with van der Waals surface area (Å²) in [6, 6.07) is 10.3. The Morgan fingerprint density at radius 1 is 1.04 bits per heavy atom. The van der Waals surface area contributed by atoms with Crippen LogP contribution in [0.1, 0.15) is 21.5 Å². The summed E-state index contributed by atoms with van der Waals surface area (Å²) in [4.78, 5) is 24.0. The van der Waals surface area contributed by atoms with E-state index in [0.717, 1.165) is 16.8 Å². The van der Waals surface area contributed by atoms with E-state index in [2.05, 4.69) is 10.6 Å². The molecule has 0 aliphatic carbocycles. The molecule has 0 radical (unpaired) electrons. The lowest BCUT2D eigenvalue weighted by Crippen LogP contribution is -2.33. The smallest absolute Gasteiger partial charge is 0.253 e. The SMILES string of the molecule is Cc1ccc(C)c(NC(=O)CNC(=O)c2ccc(Cl)cc2Cl)c1. The molecule has 0 fully saturated rings. The summed E-state index contributed by atoms with van der Waals surface area (Å²) < 4.78 is 0. The van der Waals surface area contributed by atoms with Gasteiger partial charge in [-0.3, -0.25) is 9.59 Å². The van der Waals surface area contributed by atoms with Crippen LogP contribution in [-0.4, -0.2) is 18.4 Å². The molecule has 0 atom stereocenters. The highest BCUT2D eigenvalue weighted by Gasteiger charge is 2.12. The van der Waals surface area contributed by atoms with E-state index in [1.54, 1.807) is 6.07 Å². The molecule has 2 N–H and O–H groups in total. The maximum absolute atomic E-state index is 12.0. The van der Waals surface area contributed by atoms with Gasteiger partial charge in [-0.2, -0.15) is 0 Å². The van der Waals surface area contributed by atoms with Crippen LogP contribution in [0.15, 0.2) is 36.4 Å². The van der Waals surface area contributed by atoms with Crippen molar-refractivity contribution in [2.75, 3.05) is 11.9 Å². The Kier molecular flexibility index (Phi) is 5.64. The molecule has 0 bridgehead atoms. The van der Waals surface area contributed by atoms with Crippen LogP contribution in [0, 0.1) is 13.8 Å². The molecule has 0 spiro atoms. The van der Waals surface area contributed by atoms with Crippen molar-refractivity contribution in [2.45, 2.75) is 13.8 Å². The van der Waals surface area contributed by atoms with Gasteiger partial charge in [0.25, 0.3) is 5.91 Å². The summed E-state index contributed by atoms with van der Waals surface area (Å²) in [7, 11) is 0. The lowest BCUT2D eigenvalue weighted by Gasteiger charge is -2.10. The fourth-order valence-electron chi connectivity index (χ4n) is 1.99. The minimum atomic E-state index is -0.428. The number of hydrogen-bond donors (Lipinski definition) is 2. The second kappa shape index (κ2) is 7.49. The number of hydrogen-bond acceptors (Lipinski definition) is 2. The van der Waals surface area contributed by atoms with Gasteiger partial charge in [0.1, 0.15) is 0 Å². The van der Waals surface area contributed by atoms with E-state index in [1.807, 2.05) is 32.0 Å². The Balaban J connectivity index is 1.96. The van der Waals surface area contributed by atoms with E-state index in [4.69, 9.17) is 23.2 Å². The van der Waals surface area contributed by atoms with Gasteiger partial charge < -0.3 is 10.6 Å².